The molecular weight excluding hydrogens is 429 g/mol. The fraction of sp³-hybridized carbons (Fsp3) is 0.944. The molecule has 0 spiro atoms. The van der Waals surface area contributed by atoms with E-state index in [1.165, 1.54) is 0 Å². The van der Waals surface area contributed by atoms with Crippen LogP contribution in [0.4, 0.5) is 0 Å². The van der Waals surface area contributed by atoms with E-state index in [0.29, 0.717) is 12.5 Å². The molecule has 1 fully saturated rings. The van der Waals surface area contributed by atoms with E-state index < -0.39 is 0 Å². The van der Waals surface area contributed by atoms with Gasteiger partial charge in [0.1, 0.15) is 0 Å². The van der Waals surface area contributed by atoms with Gasteiger partial charge in [0.25, 0.3) is 0 Å². The van der Waals surface area contributed by atoms with Gasteiger partial charge in [-0.15, -0.1) is 24.0 Å². The minimum atomic E-state index is 0. The van der Waals surface area contributed by atoms with E-state index >= 15 is 0 Å². The van der Waals surface area contributed by atoms with E-state index in [0.717, 1.165) is 51.8 Å². The maximum atomic E-state index is 5.87. The lowest BCUT2D eigenvalue weighted by molar-refractivity contribution is -0.0261. The van der Waals surface area contributed by atoms with Crippen molar-refractivity contribution in [1.29, 1.82) is 0 Å². The molecule has 0 amide bonds. The summed E-state index contributed by atoms with van der Waals surface area (Å²) in [5, 5.41) is 10.2. The Morgan fingerprint density at radius 2 is 1.96 bits per heavy atom. The number of nitrogens with zero attached hydrogens (tertiary/aromatic N) is 2. The summed E-state index contributed by atoms with van der Waals surface area (Å²) in [6, 6.07) is 0. The van der Waals surface area contributed by atoms with E-state index in [1.807, 2.05) is 0 Å². The topological polar surface area (TPSA) is 60.9 Å². The van der Waals surface area contributed by atoms with Crippen LogP contribution in [0.3, 0.4) is 0 Å². The number of guanidine groups is 1. The fourth-order valence-electron chi connectivity index (χ4n) is 2.73. The summed E-state index contributed by atoms with van der Waals surface area (Å²) in [7, 11) is 0. The van der Waals surface area contributed by atoms with Gasteiger partial charge in [0.15, 0.2) is 5.96 Å². The van der Waals surface area contributed by atoms with Crippen LogP contribution < -0.4 is 16.0 Å². The molecule has 1 atom stereocenters. The number of ether oxygens (including phenoxy) is 1. The van der Waals surface area contributed by atoms with Crippen LogP contribution in [0.15, 0.2) is 4.99 Å². The smallest absolute Gasteiger partial charge is 0.191 e. The Hall–Kier alpha value is -0.120. The Bertz CT molecular complexity index is 371. The predicted octanol–water partition coefficient (Wildman–Crippen LogP) is 1.90. The molecule has 1 heterocycles. The van der Waals surface area contributed by atoms with Gasteiger partial charge in [-0.2, -0.15) is 0 Å². The van der Waals surface area contributed by atoms with E-state index in [2.05, 4.69) is 62.4 Å². The fourth-order valence-corrected chi connectivity index (χ4v) is 2.73. The van der Waals surface area contributed by atoms with Crippen molar-refractivity contribution in [2.75, 3.05) is 52.4 Å². The summed E-state index contributed by atoms with van der Waals surface area (Å²) in [6.07, 6.45) is 0.195. The van der Waals surface area contributed by atoms with Gasteiger partial charge >= 0.3 is 0 Å². The highest BCUT2D eigenvalue weighted by Crippen LogP contribution is 2.08. The molecule has 0 aromatic carbocycles. The number of hydrogen-bond donors (Lipinski definition) is 3. The molecule has 150 valence electrons. The summed E-state index contributed by atoms with van der Waals surface area (Å²) in [5.41, 5.74) is 0.146. The number of nitrogens with one attached hydrogen (secondary N) is 3. The average Bonchev–Trinajstić information content (AvgIpc) is 2.47. The Kier molecular flexibility index (Phi) is 13.0. The van der Waals surface area contributed by atoms with Crippen molar-refractivity contribution in [3.63, 3.8) is 0 Å². The van der Waals surface area contributed by atoms with E-state index in [9.17, 15) is 0 Å². The molecule has 1 unspecified atom stereocenters. The standard InChI is InChI=1S/C18H39N5O.HI/c1-7-19-17(20-8-9-22-18(4,5)6)21-12-16-14-23(10-11-24-16)13-15(2)3;/h15-16,22H,7-14H2,1-6H3,(H2,19,20,21);1H. The zero-order valence-electron chi connectivity index (χ0n) is 17.0. The molecule has 0 aliphatic carbocycles. The lowest BCUT2D eigenvalue weighted by Gasteiger charge is -2.33. The van der Waals surface area contributed by atoms with Crippen LogP contribution in [0, 0.1) is 5.92 Å². The van der Waals surface area contributed by atoms with Crippen LogP contribution in [0.1, 0.15) is 41.5 Å². The molecule has 1 rings (SSSR count). The van der Waals surface area contributed by atoms with Gasteiger partial charge in [0.05, 0.1) is 19.3 Å². The Morgan fingerprint density at radius 1 is 1.24 bits per heavy atom. The predicted molar refractivity (Wildman–Crippen MR) is 118 cm³/mol. The number of rotatable bonds is 8. The average molecular weight is 469 g/mol. The zero-order chi connectivity index (χ0) is 18.0. The van der Waals surface area contributed by atoms with Crippen molar-refractivity contribution in [3.8, 4) is 0 Å². The molecular formula is C18H40IN5O. The van der Waals surface area contributed by atoms with E-state index in [1.54, 1.807) is 0 Å². The third kappa shape index (κ3) is 12.8. The van der Waals surface area contributed by atoms with Crippen LogP contribution in [0.5, 0.6) is 0 Å². The highest BCUT2D eigenvalue weighted by Gasteiger charge is 2.20. The maximum absolute atomic E-state index is 5.87. The van der Waals surface area contributed by atoms with Crippen LogP contribution in [0.2, 0.25) is 0 Å². The summed E-state index contributed by atoms with van der Waals surface area (Å²) in [5.74, 6) is 1.57. The molecule has 1 saturated heterocycles. The summed E-state index contributed by atoms with van der Waals surface area (Å²) >= 11 is 0. The second kappa shape index (κ2) is 13.1. The molecule has 0 aromatic heterocycles. The Labute approximate surface area is 171 Å². The molecule has 6 nitrogen and oxygen atoms in total. The highest BCUT2D eigenvalue weighted by atomic mass is 127. The first-order valence-corrected chi connectivity index (χ1v) is 9.41. The summed E-state index contributed by atoms with van der Waals surface area (Å²) in [6.45, 7) is 20.5. The van der Waals surface area contributed by atoms with Gasteiger partial charge in [-0.3, -0.25) is 9.89 Å². The molecule has 1 aliphatic rings. The number of hydrogen-bond acceptors (Lipinski definition) is 4. The summed E-state index contributed by atoms with van der Waals surface area (Å²) < 4.78 is 5.87. The maximum Gasteiger partial charge on any atom is 0.191 e. The molecule has 0 bridgehead atoms. The van der Waals surface area contributed by atoms with Crippen molar-refractivity contribution >= 4 is 29.9 Å². The first-order chi connectivity index (χ1) is 11.3. The molecule has 0 radical (unpaired) electrons. The van der Waals surface area contributed by atoms with Gasteiger partial charge in [-0.25, -0.2) is 0 Å². The third-order valence-corrected chi connectivity index (χ3v) is 3.72. The van der Waals surface area contributed by atoms with Crippen LogP contribution in [-0.2, 0) is 4.74 Å². The van der Waals surface area contributed by atoms with Crippen LogP contribution in [0.25, 0.3) is 0 Å². The molecule has 25 heavy (non-hydrogen) atoms. The molecule has 1 aliphatic heterocycles. The van der Waals surface area contributed by atoms with Gasteiger partial charge in [0, 0.05) is 44.8 Å². The van der Waals surface area contributed by atoms with Crippen LogP contribution in [-0.4, -0.2) is 74.9 Å². The Balaban J connectivity index is 0.00000576. The first kappa shape index (κ1) is 24.9. The lowest BCUT2D eigenvalue weighted by Crippen LogP contribution is -2.46. The highest BCUT2D eigenvalue weighted by molar-refractivity contribution is 14.0. The normalized spacial score (nSPS) is 19.6. The first-order valence-electron chi connectivity index (χ1n) is 9.41. The SMILES string of the molecule is CCNC(=NCC1CN(CC(C)C)CCO1)NCCNC(C)(C)C.I. The minimum Gasteiger partial charge on any atom is -0.374 e. The molecule has 0 saturated carbocycles. The number of morpholine rings is 1. The van der Waals surface area contributed by atoms with Gasteiger partial charge in [-0.05, 0) is 33.6 Å². The lowest BCUT2D eigenvalue weighted by atomic mass is 10.1. The van der Waals surface area contributed by atoms with Crippen molar-refractivity contribution in [2.45, 2.75) is 53.2 Å². The van der Waals surface area contributed by atoms with Crippen molar-refractivity contribution in [2.24, 2.45) is 10.9 Å². The van der Waals surface area contributed by atoms with Crippen LogP contribution >= 0.6 is 24.0 Å². The monoisotopic (exact) mass is 469 g/mol. The van der Waals surface area contributed by atoms with Gasteiger partial charge in [-0.1, -0.05) is 13.8 Å². The van der Waals surface area contributed by atoms with E-state index in [-0.39, 0.29) is 35.6 Å². The van der Waals surface area contributed by atoms with Gasteiger partial charge < -0.3 is 20.7 Å². The second-order valence-corrected chi connectivity index (χ2v) is 7.97. The Morgan fingerprint density at radius 3 is 2.56 bits per heavy atom. The largest absolute Gasteiger partial charge is 0.374 e. The number of aliphatic imine (C=N–C) groups is 1. The van der Waals surface area contributed by atoms with E-state index in [4.69, 9.17) is 9.73 Å². The van der Waals surface area contributed by atoms with Crippen molar-refractivity contribution in [1.82, 2.24) is 20.9 Å². The number of halogens is 1. The molecule has 3 N–H and O–H groups in total. The quantitative estimate of drug-likeness (QED) is 0.220. The van der Waals surface area contributed by atoms with Crippen molar-refractivity contribution in [3.05, 3.63) is 0 Å². The summed E-state index contributed by atoms with van der Waals surface area (Å²) in [4.78, 5) is 7.19. The zero-order valence-corrected chi connectivity index (χ0v) is 19.4. The molecule has 7 heteroatoms. The second-order valence-electron chi connectivity index (χ2n) is 7.97. The van der Waals surface area contributed by atoms with Crippen molar-refractivity contribution < 1.29 is 4.74 Å². The third-order valence-electron chi connectivity index (χ3n) is 3.72. The minimum absolute atomic E-state index is 0. The van der Waals surface area contributed by atoms with Gasteiger partial charge in [0.2, 0.25) is 0 Å². The molecule has 0 aromatic rings.